The predicted octanol–water partition coefficient (Wildman–Crippen LogP) is 7.26. The summed E-state index contributed by atoms with van der Waals surface area (Å²) in [5.41, 5.74) is 1.43. The van der Waals surface area contributed by atoms with Crippen molar-refractivity contribution in [3.05, 3.63) is 82.4 Å². The van der Waals surface area contributed by atoms with E-state index >= 15 is 0 Å². The van der Waals surface area contributed by atoms with Gasteiger partial charge in [0.25, 0.3) is 0 Å². The van der Waals surface area contributed by atoms with Crippen molar-refractivity contribution in [2.75, 3.05) is 0 Å². The van der Waals surface area contributed by atoms with Gasteiger partial charge in [-0.15, -0.1) is 6.58 Å². The van der Waals surface area contributed by atoms with Gasteiger partial charge in [0.2, 0.25) is 15.9 Å². The van der Waals surface area contributed by atoms with Crippen molar-refractivity contribution in [3.8, 4) is 0 Å². The van der Waals surface area contributed by atoms with Gasteiger partial charge in [-0.3, -0.25) is 4.79 Å². The number of carbonyl (C=O) groups is 1. The third-order valence-corrected chi connectivity index (χ3v) is 10.8. The molecule has 1 aliphatic heterocycles. The van der Waals surface area contributed by atoms with Crippen LogP contribution >= 0.6 is 23.2 Å². The highest BCUT2D eigenvalue weighted by molar-refractivity contribution is 7.90. The van der Waals surface area contributed by atoms with Gasteiger partial charge in [-0.05, 0) is 93.7 Å². The van der Waals surface area contributed by atoms with Crippen LogP contribution in [-0.4, -0.2) is 30.0 Å². The van der Waals surface area contributed by atoms with Gasteiger partial charge in [0.15, 0.2) is 0 Å². The fraction of sp³-hybridized carbons (Fsp3) is 0.500. The zero-order chi connectivity index (χ0) is 27.9. The highest BCUT2D eigenvalue weighted by Crippen LogP contribution is 2.54. The number of nitrogens with zero attached hydrogens (tertiary/aromatic N) is 1. The number of carbonyl (C=O) groups excluding carboxylic acids is 1. The summed E-state index contributed by atoms with van der Waals surface area (Å²) in [6.45, 7) is 9.31. The van der Waals surface area contributed by atoms with Gasteiger partial charge in [-0.25, -0.2) is 13.6 Å². The first kappa shape index (κ1) is 29.1. The maximum atomic E-state index is 14.5. The Morgan fingerprint density at radius 2 is 1.79 bits per heavy atom. The number of likely N-dealkylation sites (tertiary alicyclic amines) is 1. The Bertz CT molecular complexity index is 1290. The molecule has 5 nitrogen and oxygen atoms in total. The maximum absolute atomic E-state index is 14.5. The van der Waals surface area contributed by atoms with E-state index in [0.29, 0.717) is 41.6 Å². The fourth-order valence-electron chi connectivity index (χ4n) is 5.97. The minimum atomic E-state index is -3.75. The average Bonchev–Trinajstić information content (AvgIpc) is 3.67. The lowest BCUT2D eigenvalue weighted by atomic mass is 9.66. The van der Waals surface area contributed by atoms with E-state index in [9.17, 15) is 13.2 Å². The SMILES string of the molecule is C=CC[C@@]1(C)C[C@H](c2cccc(Cl)c2)[C@@H](c2ccc(Cl)cc2)N([C@@H](CCC(C)(C)S(N)(=O)=O)C2CC2)C1=O. The molecule has 0 aromatic heterocycles. The van der Waals surface area contributed by atoms with Gasteiger partial charge in [-0.1, -0.05) is 60.5 Å². The van der Waals surface area contributed by atoms with E-state index in [1.807, 2.05) is 55.5 Å². The van der Waals surface area contributed by atoms with Crippen LogP contribution in [0.1, 0.15) is 82.4 Å². The van der Waals surface area contributed by atoms with Crippen LogP contribution in [-0.2, 0) is 14.8 Å². The number of hydrogen-bond donors (Lipinski definition) is 1. The number of benzene rings is 2. The molecule has 4 atom stereocenters. The zero-order valence-electron chi connectivity index (χ0n) is 22.4. The highest BCUT2D eigenvalue weighted by atomic mass is 35.5. The smallest absolute Gasteiger partial charge is 0.229 e. The molecule has 2 fully saturated rings. The van der Waals surface area contributed by atoms with Crippen LogP contribution in [0.5, 0.6) is 0 Å². The number of primary sulfonamides is 1. The Kier molecular flexibility index (Phi) is 8.40. The van der Waals surface area contributed by atoms with Crippen molar-refractivity contribution in [3.63, 3.8) is 0 Å². The molecule has 4 rings (SSSR count). The minimum Gasteiger partial charge on any atom is -0.331 e. The van der Waals surface area contributed by atoms with E-state index in [0.717, 1.165) is 24.0 Å². The molecule has 2 aromatic carbocycles. The van der Waals surface area contributed by atoms with E-state index < -0.39 is 20.2 Å². The number of piperidine rings is 1. The number of sulfonamides is 1. The topological polar surface area (TPSA) is 80.5 Å². The van der Waals surface area contributed by atoms with Crippen molar-refractivity contribution in [2.24, 2.45) is 16.5 Å². The number of rotatable bonds is 10. The van der Waals surface area contributed by atoms with Crippen LogP contribution in [0.2, 0.25) is 10.0 Å². The first-order chi connectivity index (χ1) is 17.8. The Balaban J connectivity index is 1.86. The van der Waals surface area contributed by atoms with Crippen LogP contribution < -0.4 is 5.14 Å². The van der Waals surface area contributed by atoms with Crippen molar-refractivity contribution in [2.45, 2.75) is 82.0 Å². The molecule has 206 valence electrons. The third-order valence-electron chi connectivity index (χ3n) is 8.52. The summed E-state index contributed by atoms with van der Waals surface area (Å²) < 4.78 is 23.6. The van der Waals surface area contributed by atoms with Crippen molar-refractivity contribution in [1.29, 1.82) is 0 Å². The van der Waals surface area contributed by atoms with Gasteiger partial charge in [-0.2, -0.15) is 0 Å². The third kappa shape index (κ3) is 5.99. The molecule has 2 aliphatic rings. The summed E-state index contributed by atoms with van der Waals surface area (Å²) in [4.78, 5) is 16.6. The number of nitrogens with two attached hydrogens (primary N) is 1. The summed E-state index contributed by atoms with van der Waals surface area (Å²) in [5.74, 6) is 0.377. The van der Waals surface area contributed by atoms with Gasteiger partial charge in [0, 0.05) is 22.0 Å². The predicted molar refractivity (Wildman–Crippen MR) is 156 cm³/mol. The molecule has 1 heterocycles. The molecule has 1 aliphatic carbocycles. The second-order valence-corrected chi connectivity index (χ2v) is 14.9. The summed E-state index contributed by atoms with van der Waals surface area (Å²) >= 11 is 12.7. The van der Waals surface area contributed by atoms with E-state index in [1.165, 1.54) is 0 Å². The van der Waals surface area contributed by atoms with E-state index in [1.54, 1.807) is 13.8 Å². The van der Waals surface area contributed by atoms with E-state index in [2.05, 4.69) is 17.5 Å². The normalized spacial score (nSPS) is 25.3. The molecule has 8 heteroatoms. The Morgan fingerprint density at radius 1 is 1.13 bits per heavy atom. The van der Waals surface area contributed by atoms with E-state index in [-0.39, 0.29) is 23.9 Å². The standard InChI is InChI=1S/C30H38Cl2N2O3S/c1-5-16-30(4)19-25(22-7-6-8-24(32)18-22)27(21-11-13-23(31)14-12-21)34(28(30)35)26(20-9-10-20)15-17-29(2,3)38(33,36)37/h5-8,11-14,18,20,25-27H,1,9-10,15-17,19H2,2-4H3,(H2,33,36,37)/t25-,26+,27-,30+/m1/s1. The fourth-order valence-corrected chi connectivity index (χ4v) is 6.70. The molecule has 2 N–H and O–H groups in total. The van der Waals surface area contributed by atoms with Crippen LogP contribution in [0.4, 0.5) is 0 Å². The van der Waals surface area contributed by atoms with Gasteiger partial charge >= 0.3 is 0 Å². The molecular weight excluding hydrogens is 539 g/mol. The Labute approximate surface area is 237 Å². The van der Waals surface area contributed by atoms with E-state index in [4.69, 9.17) is 28.3 Å². The second kappa shape index (κ2) is 11.0. The minimum absolute atomic E-state index is 0.0231. The summed E-state index contributed by atoms with van der Waals surface area (Å²) in [7, 11) is -3.75. The van der Waals surface area contributed by atoms with Crippen molar-refractivity contribution in [1.82, 2.24) is 4.90 Å². The molecule has 1 saturated heterocycles. The summed E-state index contributed by atoms with van der Waals surface area (Å²) in [5, 5.41) is 6.86. The summed E-state index contributed by atoms with van der Waals surface area (Å²) in [6, 6.07) is 15.2. The Hall–Kier alpha value is -1.86. The van der Waals surface area contributed by atoms with Crippen LogP contribution in [0, 0.1) is 11.3 Å². The highest BCUT2D eigenvalue weighted by Gasteiger charge is 2.53. The second-order valence-electron chi connectivity index (χ2n) is 11.9. The molecule has 38 heavy (non-hydrogen) atoms. The number of hydrogen-bond acceptors (Lipinski definition) is 3. The van der Waals surface area contributed by atoms with Gasteiger partial charge in [0.05, 0.1) is 16.2 Å². The molecule has 1 saturated carbocycles. The first-order valence-electron chi connectivity index (χ1n) is 13.2. The average molecular weight is 578 g/mol. The Morgan fingerprint density at radius 3 is 2.34 bits per heavy atom. The molecule has 0 unspecified atom stereocenters. The molecular formula is C30H38Cl2N2O3S. The molecule has 1 amide bonds. The molecule has 0 spiro atoms. The van der Waals surface area contributed by atoms with Crippen LogP contribution in [0.3, 0.4) is 0 Å². The summed E-state index contributed by atoms with van der Waals surface area (Å²) in [6.07, 6.45) is 5.95. The number of allylic oxidation sites excluding steroid dienone is 1. The zero-order valence-corrected chi connectivity index (χ0v) is 24.7. The van der Waals surface area contributed by atoms with Crippen molar-refractivity contribution < 1.29 is 13.2 Å². The number of amides is 1. The largest absolute Gasteiger partial charge is 0.331 e. The molecule has 0 bridgehead atoms. The quantitative estimate of drug-likeness (QED) is 0.302. The van der Waals surface area contributed by atoms with Crippen LogP contribution in [0.15, 0.2) is 61.2 Å². The van der Waals surface area contributed by atoms with Crippen LogP contribution in [0.25, 0.3) is 0 Å². The maximum Gasteiger partial charge on any atom is 0.229 e. The van der Waals surface area contributed by atoms with Crippen molar-refractivity contribution >= 4 is 39.1 Å². The lowest BCUT2D eigenvalue weighted by Crippen LogP contribution is -2.56. The lowest BCUT2D eigenvalue weighted by molar-refractivity contribution is -0.155. The first-order valence-corrected chi connectivity index (χ1v) is 15.5. The number of halogens is 2. The van der Waals surface area contributed by atoms with Gasteiger partial charge < -0.3 is 4.90 Å². The monoisotopic (exact) mass is 576 g/mol. The molecule has 2 aromatic rings. The van der Waals surface area contributed by atoms with Gasteiger partial charge in [0.1, 0.15) is 0 Å². The molecule has 0 radical (unpaired) electrons. The lowest BCUT2D eigenvalue weighted by Gasteiger charge is -2.52.